The van der Waals surface area contributed by atoms with Crippen LogP contribution in [-0.2, 0) is 14.6 Å². The van der Waals surface area contributed by atoms with Gasteiger partial charge in [0.15, 0.2) is 0 Å². The molecule has 1 aromatic carbocycles. The number of halogens is 2. The summed E-state index contributed by atoms with van der Waals surface area (Å²) in [6, 6.07) is 4.66. The molecule has 0 atom stereocenters. The third-order valence-corrected chi connectivity index (χ3v) is 5.10. The van der Waals surface area contributed by atoms with Crippen molar-refractivity contribution in [1.29, 1.82) is 0 Å². The van der Waals surface area contributed by atoms with Crippen molar-refractivity contribution < 1.29 is 18.0 Å². The van der Waals surface area contributed by atoms with E-state index >= 15 is 0 Å². The number of sulfone groups is 1. The lowest BCUT2D eigenvalue weighted by Gasteiger charge is -2.35. The minimum absolute atomic E-state index is 0.0311. The van der Waals surface area contributed by atoms with Crippen LogP contribution in [0.3, 0.4) is 0 Å². The molecule has 1 heterocycles. The van der Waals surface area contributed by atoms with Gasteiger partial charge in [-0.2, -0.15) is 0 Å². The molecule has 0 aliphatic carbocycles. The molecule has 1 saturated heterocycles. The molecule has 1 aromatic rings. The van der Waals surface area contributed by atoms with Gasteiger partial charge in [-0.15, -0.1) is 0 Å². The average molecular weight is 393 g/mol. The van der Waals surface area contributed by atoms with E-state index in [1.165, 1.54) is 0 Å². The van der Waals surface area contributed by atoms with Gasteiger partial charge in [-0.1, -0.05) is 23.2 Å². The lowest BCUT2D eigenvalue weighted by Crippen LogP contribution is -2.50. The molecule has 0 bridgehead atoms. The van der Waals surface area contributed by atoms with Crippen LogP contribution in [0, 0.1) is 0 Å². The van der Waals surface area contributed by atoms with Crippen LogP contribution in [0.25, 0.3) is 0 Å². The van der Waals surface area contributed by atoms with Crippen LogP contribution in [0.5, 0.6) is 0 Å². The van der Waals surface area contributed by atoms with Crippen molar-refractivity contribution in [3.8, 4) is 0 Å². The van der Waals surface area contributed by atoms with Crippen molar-refractivity contribution in [3.63, 3.8) is 0 Å². The maximum absolute atomic E-state index is 12.5. The predicted octanol–water partition coefficient (Wildman–Crippen LogP) is 1.71. The van der Waals surface area contributed by atoms with Crippen LogP contribution < -0.4 is 0 Å². The largest absolute Gasteiger partial charge is 0.339 e. The van der Waals surface area contributed by atoms with Crippen molar-refractivity contribution in [3.05, 3.63) is 33.8 Å². The van der Waals surface area contributed by atoms with Gasteiger partial charge in [0.05, 0.1) is 5.75 Å². The zero-order chi connectivity index (χ0) is 17.9. The molecule has 2 rings (SSSR count). The van der Waals surface area contributed by atoms with Crippen molar-refractivity contribution >= 4 is 44.9 Å². The molecule has 24 heavy (non-hydrogen) atoms. The summed E-state index contributed by atoms with van der Waals surface area (Å²) in [5, 5.41) is 0.779. The number of nitrogens with zero attached hydrogens (tertiary/aromatic N) is 2. The zero-order valence-corrected chi connectivity index (χ0v) is 15.5. The second kappa shape index (κ2) is 7.72. The lowest BCUT2D eigenvalue weighted by atomic mass is 10.1. The monoisotopic (exact) mass is 392 g/mol. The molecule has 9 heteroatoms. The fourth-order valence-corrected chi connectivity index (χ4v) is 3.52. The molecule has 132 valence electrons. The van der Waals surface area contributed by atoms with Crippen LogP contribution in [0.4, 0.5) is 0 Å². The van der Waals surface area contributed by atoms with Crippen molar-refractivity contribution in [2.75, 3.05) is 38.2 Å². The standard InChI is InChI=1S/C15H18Cl2N2O4S/c1-24(22,23)7-2-14(20)18-3-5-19(6-4-18)15(21)11-8-12(16)10-13(17)9-11/h8-10H,2-7H2,1H3. The fourth-order valence-electron chi connectivity index (χ4n) is 2.45. The number of benzene rings is 1. The minimum Gasteiger partial charge on any atom is -0.339 e. The SMILES string of the molecule is CS(=O)(=O)CCC(=O)N1CCN(C(=O)c2cc(Cl)cc(Cl)c2)CC1. The fraction of sp³-hybridized carbons (Fsp3) is 0.467. The van der Waals surface area contributed by atoms with E-state index in [0.29, 0.717) is 41.8 Å². The second-order valence-electron chi connectivity index (χ2n) is 5.71. The van der Waals surface area contributed by atoms with E-state index in [1.807, 2.05) is 0 Å². The van der Waals surface area contributed by atoms with Gasteiger partial charge in [0.1, 0.15) is 9.84 Å². The highest BCUT2D eigenvalue weighted by molar-refractivity contribution is 7.90. The Labute approximate surface area is 151 Å². The first-order valence-electron chi connectivity index (χ1n) is 7.36. The van der Waals surface area contributed by atoms with E-state index in [-0.39, 0.29) is 24.0 Å². The summed E-state index contributed by atoms with van der Waals surface area (Å²) in [5.74, 6) is -0.563. The third kappa shape index (κ3) is 5.36. The Hall–Kier alpha value is -1.31. The van der Waals surface area contributed by atoms with E-state index in [9.17, 15) is 18.0 Å². The summed E-state index contributed by atoms with van der Waals surface area (Å²) >= 11 is 11.8. The third-order valence-electron chi connectivity index (χ3n) is 3.72. The summed E-state index contributed by atoms with van der Waals surface area (Å²) in [6.07, 6.45) is 1.07. The number of amides is 2. The first kappa shape index (κ1) is 19.0. The van der Waals surface area contributed by atoms with E-state index in [1.54, 1.807) is 28.0 Å². The summed E-state index contributed by atoms with van der Waals surface area (Å²) in [6.45, 7) is 1.52. The Balaban J connectivity index is 1.92. The Morgan fingerprint density at radius 1 is 1.00 bits per heavy atom. The maximum Gasteiger partial charge on any atom is 0.254 e. The molecule has 6 nitrogen and oxygen atoms in total. The van der Waals surface area contributed by atoms with Crippen molar-refractivity contribution in [1.82, 2.24) is 9.80 Å². The Morgan fingerprint density at radius 3 is 2.00 bits per heavy atom. The molecule has 1 aliphatic rings. The highest BCUT2D eigenvalue weighted by Gasteiger charge is 2.25. The molecule has 0 aromatic heterocycles. The summed E-state index contributed by atoms with van der Waals surface area (Å²) in [7, 11) is -3.16. The molecular weight excluding hydrogens is 375 g/mol. The normalized spacial score (nSPS) is 15.5. The molecule has 1 aliphatic heterocycles. The number of carbonyl (C=O) groups is 2. The van der Waals surface area contributed by atoms with Crippen molar-refractivity contribution in [2.45, 2.75) is 6.42 Å². The zero-order valence-electron chi connectivity index (χ0n) is 13.2. The average Bonchev–Trinajstić information content (AvgIpc) is 2.50. The van der Waals surface area contributed by atoms with Gasteiger partial charge in [0.2, 0.25) is 5.91 Å². The molecule has 0 saturated carbocycles. The van der Waals surface area contributed by atoms with Gasteiger partial charge in [0, 0.05) is 54.5 Å². The molecule has 1 fully saturated rings. The quantitative estimate of drug-likeness (QED) is 0.781. The number of hydrogen-bond acceptors (Lipinski definition) is 4. The second-order valence-corrected chi connectivity index (χ2v) is 8.84. The Bertz CT molecular complexity index is 724. The molecule has 0 N–H and O–H groups in total. The number of rotatable bonds is 4. The van der Waals surface area contributed by atoms with Crippen LogP contribution in [0.1, 0.15) is 16.8 Å². The molecule has 2 amide bonds. The van der Waals surface area contributed by atoms with Crippen molar-refractivity contribution in [2.24, 2.45) is 0 Å². The highest BCUT2D eigenvalue weighted by atomic mass is 35.5. The van der Waals surface area contributed by atoms with Gasteiger partial charge in [-0.3, -0.25) is 9.59 Å². The number of hydrogen-bond donors (Lipinski definition) is 0. The molecule has 0 radical (unpaired) electrons. The number of carbonyl (C=O) groups excluding carboxylic acids is 2. The van der Waals surface area contributed by atoms with Gasteiger partial charge >= 0.3 is 0 Å². The van der Waals surface area contributed by atoms with E-state index < -0.39 is 9.84 Å². The van der Waals surface area contributed by atoms with Gasteiger partial charge in [-0.25, -0.2) is 8.42 Å². The summed E-state index contributed by atoms with van der Waals surface area (Å²) in [4.78, 5) is 27.7. The van der Waals surface area contributed by atoms with Gasteiger partial charge in [0.25, 0.3) is 5.91 Å². The topological polar surface area (TPSA) is 74.8 Å². The first-order valence-corrected chi connectivity index (χ1v) is 10.2. The van der Waals surface area contributed by atoms with Crippen LogP contribution in [-0.4, -0.2) is 68.2 Å². The first-order chi connectivity index (χ1) is 11.2. The molecular formula is C15H18Cl2N2O4S. The van der Waals surface area contributed by atoms with E-state index in [4.69, 9.17) is 23.2 Å². The Morgan fingerprint density at radius 2 is 1.50 bits per heavy atom. The summed E-state index contributed by atoms with van der Waals surface area (Å²) in [5.41, 5.74) is 0.407. The predicted molar refractivity (Wildman–Crippen MR) is 93.3 cm³/mol. The van der Waals surface area contributed by atoms with Crippen LogP contribution in [0.15, 0.2) is 18.2 Å². The Kier molecular flexibility index (Phi) is 6.11. The number of piperazine rings is 1. The highest BCUT2D eigenvalue weighted by Crippen LogP contribution is 2.20. The minimum atomic E-state index is -3.16. The summed E-state index contributed by atoms with van der Waals surface area (Å²) < 4.78 is 22.3. The van der Waals surface area contributed by atoms with Crippen LogP contribution in [0.2, 0.25) is 10.0 Å². The lowest BCUT2D eigenvalue weighted by molar-refractivity contribution is -0.132. The van der Waals surface area contributed by atoms with E-state index in [2.05, 4.69) is 0 Å². The van der Waals surface area contributed by atoms with E-state index in [0.717, 1.165) is 6.26 Å². The molecule has 0 spiro atoms. The van der Waals surface area contributed by atoms with Crippen LogP contribution >= 0.6 is 23.2 Å². The smallest absolute Gasteiger partial charge is 0.254 e. The van der Waals surface area contributed by atoms with Gasteiger partial charge < -0.3 is 9.80 Å². The molecule has 0 unspecified atom stereocenters. The van der Waals surface area contributed by atoms with Gasteiger partial charge in [-0.05, 0) is 18.2 Å². The maximum atomic E-state index is 12.5.